The number of aromatic amines is 1. The van der Waals surface area contributed by atoms with Gasteiger partial charge in [0, 0.05) is 4.47 Å². The standard InChI is InChI=1S/C9H9BrN2S.C2H6/c1-2-13-9-11-7-4-3-6(10)5-8(7)12-9;1-2/h3-5H,2H2,1H3,(H,11,12);1-2H3. The van der Waals surface area contributed by atoms with Gasteiger partial charge in [-0.25, -0.2) is 4.98 Å². The van der Waals surface area contributed by atoms with E-state index in [1.807, 2.05) is 32.0 Å². The quantitative estimate of drug-likeness (QED) is 0.826. The van der Waals surface area contributed by atoms with Crippen LogP contribution in [0.3, 0.4) is 0 Å². The fourth-order valence-corrected chi connectivity index (χ4v) is 2.14. The van der Waals surface area contributed by atoms with E-state index in [0.29, 0.717) is 0 Å². The number of aromatic nitrogens is 2. The van der Waals surface area contributed by atoms with Crippen molar-refractivity contribution >= 4 is 38.7 Å². The zero-order valence-corrected chi connectivity index (χ0v) is 11.6. The van der Waals surface area contributed by atoms with Crippen LogP contribution in [0.1, 0.15) is 20.8 Å². The molecule has 2 nitrogen and oxygen atoms in total. The van der Waals surface area contributed by atoms with Gasteiger partial charge in [0.1, 0.15) is 0 Å². The van der Waals surface area contributed by atoms with Crippen molar-refractivity contribution in [1.82, 2.24) is 9.97 Å². The Morgan fingerprint density at radius 1 is 1.40 bits per heavy atom. The van der Waals surface area contributed by atoms with Gasteiger partial charge in [0.05, 0.1) is 11.0 Å². The molecule has 0 unspecified atom stereocenters. The van der Waals surface area contributed by atoms with Crippen molar-refractivity contribution in [2.45, 2.75) is 25.9 Å². The first kappa shape index (κ1) is 12.6. The van der Waals surface area contributed by atoms with Crippen LogP contribution < -0.4 is 0 Å². The Morgan fingerprint density at radius 3 is 2.80 bits per heavy atom. The molecule has 0 saturated carbocycles. The largest absolute Gasteiger partial charge is 0.333 e. The number of nitrogens with one attached hydrogen (secondary N) is 1. The van der Waals surface area contributed by atoms with Gasteiger partial charge in [0.15, 0.2) is 5.16 Å². The minimum absolute atomic E-state index is 0.996. The number of H-pyrrole nitrogens is 1. The van der Waals surface area contributed by atoms with E-state index in [9.17, 15) is 0 Å². The van der Waals surface area contributed by atoms with E-state index >= 15 is 0 Å². The van der Waals surface area contributed by atoms with Gasteiger partial charge in [-0.2, -0.15) is 0 Å². The molecule has 15 heavy (non-hydrogen) atoms. The van der Waals surface area contributed by atoms with Crippen LogP contribution in [0, 0.1) is 0 Å². The van der Waals surface area contributed by atoms with Gasteiger partial charge in [-0.1, -0.05) is 48.5 Å². The summed E-state index contributed by atoms with van der Waals surface area (Å²) in [5, 5.41) is 0.996. The first-order valence-electron chi connectivity index (χ1n) is 5.07. The Kier molecular flexibility index (Phi) is 5.19. The summed E-state index contributed by atoms with van der Waals surface area (Å²) in [5.41, 5.74) is 2.12. The molecule has 2 rings (SSSR count). The number of rotatable bonds is 2. The Labute approximate surface area is 103 Å². The molecule has 1 N–H and O–H groups in total. The van der Waals surface area contributed by atoms with Crippen molar-refractivity contribution in [2.24, 2.45) is 0 Å². The van der Waals surface area contributed by atoms with Gasteiger partial charge < -0.3 is 4.98 Å². The van der Waals surface area contributed by atoms with Crippen LogP contribution in [0.25, 0.3) is 11.0 Å². The van der Waals surface area contributed by atoms with Gasteiger partial charge in [0.2, 0.25) is 0 Å². The third kappa shape index (κ3) is 3.24. The zero-order valence-electron chi connectivity index (χ0n) is 9.17. The predicted molar refractivity (Wildman–Crippen MR) is 71.5 cm³/mol. The SMILES string of the molecule is CC.CCSc1nc2ccc(Br)cc2[nH]1. The average Bonchev–Trinajstić information content (AvgIpc) is 2.63. The third-order valence-corrected chi connectivity index (χ3v) is 2.95. The fraction of sp³-hybridized carbons (Fsp3) is 0.364. The Bertz CT molecular complexity index is 425. The van der Waals surface area contributed by atoms with Crippen LogP contribution >= 0.6 is 27.7 Å². The van der Waals surface area contributed by atoms with E-state index < -0.39 is 0 Å². The summed E-state index contributed by atoms with van der Waals surface area (Å²) in [4.78, 5) is 7.69. The highest BCUT2D eigenvalue weighted by molar-refractivity contribution is 9.10. The van der Waals surface area contributed by atoms with Crippen LogP contribution in [0.15, 0.2) is 27.8 Å². The van der Waals surface area contributed by atoms with Crippen LogP contribution in [-0.4, -0.2) is 15.7 Å². The van der Waals surface area contributed by atoms with Crippen LogP contribution in [0.5, 0.6) is 0 Å². The smallest absolute Gasteiger partial charge is 0.166 e. The lowest BCUT2D eigenvalue weighted by Gasteiger charge is -1.88. The van der Waals surface area contributed by atoms with Crippen LogP contribution in [0.4, 0.5) is 0 Å². The fourth-order valence-electron chi connectivity index (χ4n) is 1.16. The molecule has 2 aromatic rings. The number of imidazole rings is 1. The Balaban J connectivity index is 0.000000531. The Hall–Kier alpha value is -0.480. The summed E-state index contributed by atoms with van der Waals surface area (Å²) in [6.07, 6.45) is 0. The lowest BCUT2D eigenvalue weighted by atomic mass is 10.3. The molecule has 0 fully saturated rings. The normalized spacial score (nSPS) is 9.87. The molecule has 0 aliphatic carbocycles. The van der Waals surface area contributed by atoms with Gasteiger partial charge in [-0.05, 0) is 24.0 Å². The molecule has 1 heterocycles. The molecular weight excluding hydrogens is 272 g/mol. The lowest BCUT2D eigenvalue weighted by molar-refractivity contribution is 1.08. The first-order valence-corrected chi connectivity index (χ1v) is 6.85. The second kappa shape index (κ2) is 6.18. The highest BCUT2D eigenvalue weighted by Crippen LogP contribution is 2.21. The number of benzene rings is 1. The van der Waals surface area contributed by atoms with Crippen molar-refractivity contribution in [3.8, 4) is 0 Å². The van der Waals surface area contributed by atoms with Crippen molar-refractivity contribution in [2.75, 3.05) is 5.75 Å². The summed E-state index contributed by atoms with van der Waals surface area (Å²) in [6.45, 7) is 6.12. The topological polar surface area (TPSA) is 28.7 Å². The van der Waals surface area contributed by atoms with Crippen LogP contribution in [-0.2, 0) is 0 Å². The number of halogens is 1. The van der Waals surface area contributed by atoms with Crippen LogP contribution in [0.2, 0.25) is 0 Å². The predicted octanol–water partition coefficient (Wildman–Crippen LogP) is 4.46. The minimum Gasteiger partial charge on any atom is -0.333 e. The van der Waals surface area contributed by atoms with Crippen molar-refractivity contribution in [3.63, 3.8) is 0 Å². The second-order valence-corrected chi connectivity index (χ2v) is 4.80. The number of fused-ring (bicyclic) bond motifs is 1. The molecule has 0 bridgehead atoms. The average molecular weight is 287 g/mol. The van der Waals surface area contributed by atoms with Crippen molar-refractivity contribution < 1.29 is 0 Å². The third-order valence-electron chi connectivity index (χ3n) is 1.70. The van der Waals surface area contributed by atoms with E-state index in [-0.39, 0.29) is 0 Å². The lowest BCUT2D eigenvalue weighted by Crippen LogP contribution is -1.73. The molecule has 0 aliphatic rings. The molecule has 0 radical (unpaired) electrons. The molecule has 4 heteroatoms. The highest BCUT2D eigenvalue weighted by Gasteiger charge is 2.01. The summed E-state index contributed by atoms with van der Waals surface area (Å²) in [6, 6.07) is 6.06. The summed E-state index contributed by atoms with van der Waals surface area (Å²) in [7, 11) is 0. The molecule has 1 aromatic heterocycles. The van der Waals surface area contributed by atoms with Gasteiger partial charge >= 0.3 is 0 Å². The monoisotopic (exact) mass is 286 g/mol. The number of hydrogen-bond donors (Lipinski definition) is 1. The molecule has 0 aliphatic heterocycles. The first-order chi connectivity index (χ1) is 7.29. The van der Waals surface area contributed by atoms with E-state index in [1.54, 1.807) is 11.8 Å². The van der Waals surface area contributed by atoms with E-state index in [1.165, 1.54) is 0 Å². The molecule has 1 aromatic carbocycles. The van der Waals surface area contributed by atoms with E-state index in [4.69, 9.17) is 0 Å². The molecule has 0 atom stereocenters. The number of thioether (sulfide) groups is 1. The molecule has 0 amide bonds. The maximum absolute atomic E-state index is 4.43. The van der Waals surface area contributed by atoms with E-state index in [0.717, 1.165) is 26.4 Å². The second-order valence-electron chi connectivity index (χ2n) is 2.64. The minimum atomic E-state index is 0.996. The number of nitrogens with zero attached hydrogens (tertiary/aromatic N) is 1. The van der Waals surface area contributed by atoms with Gasteiger partial charge in [-0.15, -0.1) is 0 Å². The molecule has 0 spiro atoms. The Morgan fingerprint density at radius 2 is 2.13 bits per heavy atom. The maximum atomic E-state index is 4.43. The van der Waals surface area contributed by atoms with Crippen molar-refractivity contribution in [1.29, 1.82) is 0 Å². The number of hydrogen-bond acceptors (Lipinski definition) is 2. The summed E-state index contributed by atoms with van der Waals surface area (Å²) < 4.78 is 1.08. The highest BCUT2D eigenvalue weighted by atomic mass is 79.9. The molecular formula is C11H15BrN2S. The van der Waals surface area contributed by atoms with E-state index in [2.05, 4.69) is 32.8 Å². The maximum Gasteiger partial charge on any atom is 0.166 e. The summed E-state index contributed by atoms with van der Waals surface area (Å²) in [5.74, 6) is 1.04. The summed E-state index contributed by atoms with van der Waals surface area (Å²) >= 11 is 5.15. The molecule has 0 saturated heterocycles. The molecule has 82 valence electrons. The zero-order chi connectivity index (χ0) is 11.3. The van der Waals surface area contributed by atoms with Gasteiger partial charge in [0.25, 0.3) is 0 Å². The van der Waals surface area contributed by atoms with Crippen molar-refractivity contribution in [3.05, 3.63) is 22.7 Å². The van der Waals surface area contributed by atoms with Gasteiger partial charge in [-0.3, -0.25) is 0 Å².